The zero-order valence-electron chi connectivity index (χ0n) is 16.3. The molecule has 1 fully saturated rings. The summed E-state index contributed by atoms with van der Waals surface area (Å²) >= 11 is 0. The van der Waals surface area contributed by atoms with Crippen molar-refractivity contribution < 1.29 is 9.59 Å². The normalized spacial score (nSPS) is 21.2. The molecule has 2 heterocycles. The third-order valence-electron chi connectivity index (χ3n) is 4.97. The molecule has 2 aliphatic heterocycles. The summed E-state index contributed by atoms with van der Waals surface area (Å²) < 4.78 is 0. The van der Waals surface area contributed by atoms with Crippen LogP contribution in [0.15, 0.2) is 46.1 Å². The molecule has 0 aromatic carbocycles. The van der Waals surface area contributed by atoms with Gasteiger partial charge in [-0.25, -0.2) is 4.99 Å². The highest BCUT2D eigenvalue weighted by atomic mass is 16.2. The number of amidine groups is 2. The van der Waals surface area contributed by atoms with Crippen LogP contribution in [0.4, 0.5) is 0 Å². The van der Waals surface area contributed by atoms with E-state index in [9.17, 15) is 9.59 Å². The molecule has 0 spiro atoms. The van der Waals surface area contributed by atoms with E-state index in [1.807, 2.05) is 17.0 Å². The van der Waals surface area contributed by atoms with Gasteiger partial charge in [0.25, 0.3) is 5.91 Å². The minimum Gasteiger partial charge on any atom is -0.379 e. The standard InChI is InChI=1S/C20H23N7O2/c1-23-14(13-21)12-17(22)26-8-10-27(11-9-26)19(28)7-6-18-24-16-5-3-2-4-15(16)20(29)25-18/h2-5,12,15,22-23H,6-11H2,1H3/b14-12-,22-17?. The first kappa shape index (κ1) is 20.2. The van der Waals surface area contributed by atoms with Crippen molar-refractivity contribution >= 4 is 29.2 Å². The fourth-order valence-corrected chi connectivity index (χ4v) is 3.29. The van der Waals surface area contributed by atoms with Gasteiger partial charge in [-0.1, -0.05) is 18.2 Å². The van der Waals surface area contributed by atoms with E-state index >= 15 is 0 Å². The molecule has 2 N–H and O–H groups in total. The van der Waals surface area contributed by atoms with Crippen molar-refractivity contribution in [3.8, 4) is 6.07 Å². The van der Waals surface area contributed by atoms with Crippen molar-refractivity contribution in [3.05, 3.63) is 36.1 Å². The molecule has 29 heavy (non-hydrogen) atoms. The smallest absolute Gasteiger partial charge is 0.260 e. The van der Waals surface area contributed by atoms with E-state index in [0.29, 0.717) is 49.8 Å². The molecule has 150 valence electrons. The Kier molecular flexibility index (Phi) is 6.34. The van der Waals surface area contributed by atoms with Gasteiger partial charge < -0.3 is 15.1 Å². The third-order valence-corrected chi connectivity index (χ3v) is 4.97. The van der Waals surface area contributed by atoms with E-state index in [4.69, 9.17) is 10.7 Å². The maximum absolute atomic E-state index is 12.5. The number of nitrogens with zero attached hydrogens (tertiary/aromatic N) is 5. The Hall–Kier alpha value is -3.54. The van der Waals surface area contributed by atoms with Crippen LogP contribution in [0.3, 0.4) is 0 Å². The molecule has 0 radical (unpaired) electrons. The van der Waals surface area contributed by atoms with E-state index in [-0.39, 0.29) is 24.1 Å². The van der Waals surface area contributed by atoms with Gasteiger partial charge in [0, 0.05) is 52.1 Å². The van der Waals surface area contributed by atoms with Crippen LogP contribution in [0, 0.1) is 22.7 Å². The molecular weight excluding hydrogens is 370 g/mol. The monoisotopic (exact) mass is 393 g/mol. The van der Waals surface area contributed by atoms with Gasteiger partial charge in [0.2, 0.25) is 5.91 Å². The Balaban J connectivity index is 1.49. The minimum absolute atomic E-state index is 0.0174. The molecule has 3 aliphatic rings. The molecule has 1 saturated heterocycles. The van der Waals surface area contributed by atoms with E-state index < -0.39 is 5.92 Å². The van der Waals surface area contributed by atoms with E-state index in [2.05, 4.69) is 15.3 Å². The number of rotatable bonds is 5. The summed E-state index contributed by atoms with van der Waals surface area (Å²) in [7, 11) is 1.63. The van der Waals surface area contributed by atoms with Crippen LogP contribution < -0.4 is 5.32 Å². The summed E-state index contributed by atoms with van der Waals surface area (Å²) in [6, 6.07) is 1.98. The molecule has 0 aromatic rings. The maximum atomic E-state index is 12.5. The first-order chi connectivity index (χ1) is 14.0. The van der Waals surface area contributed by atoms with Gasteiger partial charge in [-0.2, -0.15) is 10.3 Å². The molecule has 2 amide bonds. The van der Waals surface area contributed by atoms with E-state index in [1.165, 1.54) is 6.08 Å². The van der Waals surface area contributed by atoms with Gasteiger partial charge in [0.15, 0.2) is 0 Å². The molecule has 9 heteroatoms. The number of aliphatic imine (C=N–C) groups is 2. The largest absolute Gasteiger partial charge is 0.379 e. The van der Waals surface area contributed by atoms with Crippen molar-refractivity contribution in [2.75, 3.05) is 33.2 Å². The van der Waals surface area contributed by atoms with Gasteiger partial charge in [-0.05, 0) is 6.08 Å². The van der Waals surface area contributed by atoms with Gasteiger partial charge in [-0.3, -0.25) is 15.0 Å². The van der Waals surface area contributed by atoms with Crippen LogP contribution in [-0.4, -0.2) is 72.2 Å². The topological polar surface area (TPSA) is 125 Å². The quantitative estimate of drug-likeness (QED) is 0.403. The Morgan fingerprint density at radius 2 is 2.03 bits per heavy atom. The zero-order valence-corrected chi connectivity index (χ0v) is 16.3. The van der Waals surface area contributed by atoms with Gasteiger partial charge >= 0.3 is 0 Å². The average Bonchev–Trinajstić information content (AvgIpc) is 2.75. The number of piperazine rings is 1. The minimum atomic E-state index is -0.402. The van der Waals surface area contributed by atoms with Crippen molar-refractivity contribution in [2.24, 2.45) is 15.9 Å². The second-order valence-electron chi connectivity index (χ2n) is 6.80. The lowest BCUT2D eigenvalue weighted by atomic mass is 9.96. The third kappa shape index (κ3) is 4.85. The number of fused-ring (bicyclic) bond motifs is 1. The lowest BCUT2D eigenvalue weighted by Gasteiger charge is -2.35. The molecule has 1 unspecified atom stereocenters. The summed E-state index contributed by atoms with van der Waals surface area (Å²) in [5.74, 6) is -0.0108. The molecule has 1 aliphatic carbocycles. The van der Waals surface area contributed by atoms with Crippen molar-refractivity contribution in [2.45, 2.75) is 12.8 Å². The predicted octanol–water partition coefficient (Wildman–Crippen LogP) is 0.637. The fourth-order valence-electron chi connectivity index (χ4n) is 3.29. The van der Waals surface area contributed by atoms with Crippen LogP contribution in [0.2, 0.25) is 0 Å². The molecule has 1 atom stereocenters. The van der Waals surface area contributed by atoms with Crippen LogP contribution in [0.1, 0.15) is 12.8 Å². The SMILES string of the molecule is CN/C(C#N)=C\C(=N)N1CCN(C(=O)CCC2=NC(=O)C3C=CC=CC3=N2)CC1. The number of nitrogens with one attached hydrogen (secondary N) is 2. The summed E-state index contributed by atoms with van der Waals surface area (Å²) in [5.41, 5.74) is 0.997. The summed E-state index contributed by atoms with van der Waals surface area (Å²) in [4.78, 5) is 36.6. The Morgan fingerprint density at radius 3 is 2.72 bits per heavy atom. The highest BCUT2D eigenvalue weighted by molar-refractivity contribution is 6.21. The van der Waals surface area contributed by atoms with Crippen LogP contribution in [0.5, 0.6) is 0 Å². The Morgan fingerprint density at radius 1 is 1.31 bits per heavy atom. The molecule has 9 nitrogen and oxygen atoms in total. The van der Waals surface area contributed by atoms with Gasteiger partial charge in [0.1, 0.15) is 29.4 Å². The summed E-state index contributed by atoms with van der Waals surface area (Å²) in [6.45, 7) is 2.08. The van der Waals surface area contributed by atoms with Gasteiger partial charge in [0.05, 0.1) is 5.71 Å². The molecule has 0 aromatic heterocycles. The van der Waals surface area contributed by atoms with Crippen LogP contribution in [0.25, 0.3) is 0 Å². The predicted molar refractivity (Wildman–Crippen MR) is 110 cm³/mol. The first-order valence-corrected chi connectivity index (χ1v) is 9.47. The molecule has 3 rings (SSSR count). The van der Waals surface area contributed by atoms with Crippen molar-refractivity contribution in [3.63, 3.8) is 0 Å². The van der Waals surface area contributed by atoms with Crippen molar-refractivity contribution in [1.82, 2.24) is 15.1 Å². The first-order valence-electron chi connectivity index (χ1n) is 9.47. The van der Waals surface area contributed by atoms with Crippen molar-refractivity contribution in [1.29, 1.82) is 10.7 Å². The summed E-state index contributed by atoms with van der Waals surface area (Å²) in [5, 5.41) is 19.8. The number of nitriles is 1. The molecule has 0 saturated carbocycles. The van der Waals surface area contributed by atoms with Crippen LogP contribution >= 0.6 is 0 Å². The highest BCUT2D eigenvalue weighted by Crippen LogP contribution is 2.18. The second-order valence-corrected chi connectivity index (χ2v) is 6.80. The number of carbonyl (C=O) groups is 2. The lowest BCUT2D eigenvalue weighted by molar-refractivity contribution is -0.132. The average molecular weight is 393 g/mol. The maximum Gasteiger partial charge on any atom is 0.260 e. The van der Waals surface area contributed by atoms with Crippen LogP contribution in [-0.2, 0) is 9.59 Å². The second kappa shape index (κ2) is 9.10. The number of allylic oxidation sites excluding steroid dienone is 4. The Bertz CT molecular complexity index is 896. The number of carbonyl (C=O) groups excluding carboxylic acids is 2. The molecule has 0 bridgehead atoms. The van der Waals surface area contributed by atoms with E-state index in [1.54, 1.807) is 30.2 Å². The summed E-state index contributed by atoms with van der Waals surface area (Å²) in [6.07, 6.45) is 9.26. The molecular formula is C20H23N7O2. The van der Waals surface area contributed by atoms with Gasteiger partial charge in [-0.15, -0.1) is 0 Å². The number of hydrogen-bond acceptors (Lipinski definition) is 6. The number of amides is 2. The number of hydrogen-bond donors (Lipinski definition) is 2. The van der Waals surface area contributed by atoms with E-state index in [0.717, 1.165) is 0 Å². The lowest BCUT2D eigenvalue weighted by Crippen LogP contribution is -2.50. The zero-order chi connectivity index (χ0) is 20.8. The fraction of sp³-hybridized carbons (Fsp3) is 0.400. The highest BCUT2D eigenvalue weighted by Gasteiger charge is 2.27. The Labute approximate surface area is 169 Å².